The third kappa shape index (κ3) is 8.43. The molecule has 1 N–H and O–H groups in total. The summed E-state index contributed by atoms with van der Waals surface area (Å²) in [5, 5.41) is 9.10. The lowest BCUT2D eigenvalue weighted by Gasteiger charge is -2.36. The van der Waals surface area contributed by atoms with Crippen LogP contribution >= 0.6 is 0 Å². The molecule has 1 heterocycles. The Morgan fingerprint density at radius 3 is 2.26 bits per heavy atom. The highest BCUT2D eigenvalue weighted by Crippen LogP contribution is 2.40. The lowest BCUT2D eigenvalue weighted by Crippen LogP contribution is -2.51. The van der Waals surface area contributed by atoms with Gasteiger partial charge in [0.05, 0.1) is 6.04 Å². The van der Waals surface area contributed by atoms with Crippen molar-refractivity contribution in [1.29, 1.82) is 0 Å². The number of hydrogen-bond acceptors (Lipinski definition) is 6. The summed E-state index contributed by atoms with van der Waals surface area (Å²) in [6.07, 6.45) is 5.07. The van der Waals surface area contributed by atoms with E-state index in [9.17, 15) is 14.4 Å². The summed E-state index contributed by atoms with van der Waals surface area (Å²) in [6, 6.07) is -0.500. The number of esters is 1. The fraction of sp³-hybridized carbons (Fsp3) is 0.885. The van der Waals surface area contributed by atoms with E-state index in [1.54, 1.807) is 18.7 Å². The molecule has 34 heavy (non-hydrogen) atoms. The molecule has 2 rings (SSSR count). The van der Waals surface area contributed by atoms with Crippen LogP contribution in [-0.4, -0.2) is 57.6 Å². The summed E-state index contributed by atoms with van der Waals surface area (Å²) >= 11 is 0. The average molecular weight is 484 g/mol. The predicted molar refractivity (Wildman–Crippen MR) is 128 cm³/mol. The van der Waals surface area contributed by atoms with E-state index in [2.05, 4.69) is 0 Å². The average Bonchev–Trinajstić information content (AvgIpc) is 2.95. The van der Waals surface area contributed by atoms with Gasteiger partial charge < -0.3 is 19.3 Å². The molecule has 2 fully saturated rings. The van der Waals surface area contributed by atoms with Crippen molar-refractivity contribution in [3.63, 3.8) is 0 Å². The van der Waals surface area contributed by atoms with Gasteiger partial charge in [-0.2, -0.15) is 0 Å². The lowest BCUT2D eigenvalue weighted by atomic mass is 9.83. The van der Waals surface area contributed by atoms with E-state index in [1.807, 2.05) is 34.6 Å². The highest BCUT2D eigenvalue weighted by molar-refractivity contribution is 5.79. The smallest absolute Gasteiger partial charge is 0.412 e. The van der Waals surface area contributed by atoms with Gasteiger partial charge in [-0.25, -0.2) is 9.59 Å². The molecular weight excluding hydrogens is 438 g/mol. The number of aliphatic carboxylic acids is 1. The van der Waals surface area contributed by atoms with Crippen LogP contribution in [0.2, 0.25) is 0 Å². The zero-order valence-corrected chi connectivity index (χ0v) is 22.1. The zero-order chi connectivity index (χ0) is 25.7. The van der Waals surface area contributed by atoms with E-state index in [4.69, 9.17) is 19.3 Å². The standard InChI is InChI=1S/C26H45NO7/c1-17(2)15-19(13-14-21(28)29)32-23(30)22-20(16-18-11-9-8-10-12-18)27(26(6,7)33-22)24(31)34-25(3,4)5/h17-20,22H,8-16H2,1-7H3,(H,28,29)/t19?,20-,22+/m0/s1. The van der Waals surface area contributed by atoms with Crippen LogP contribution in [-0.2, 0) is 23.8 Å². The van der Waals surface area contributed by atoms with Crippen LogP contribution < -0.4 is 0 Å². The van der Waals surface area contributed by atoms with Gasteiger partial charge in [-0.15, -0.1) is 0 Å². The highest BCUT2D eigenvalue weighted by Gasteiger charge is 2.55. The zero-order valence-electron chi connectivity index (χ0n) is 22.1. The van der Waals surface area contributed by atoms with E-state index in [1.165, 1.54) is 6.42 Å². The minimum atomic E-state index is -1.04. The van der Waals surface area contributed by atoms with E-state index in [-0.39, 0.29) is 18.8 Å². The van der Waals surface area contributed by atoms with Gasteiger partial charge in [0.1, 0.15) is 17.4 Å². The van der Waals surface area contributed by atoms with Gasteiger partial charge in [0.15, 0.2) is 6.10 Å². The van der Waals surface area contributed by atoms with Gasteiger partial charge >= 0.3 is 18.0 Å². The largest absolute Gasteiger partial charge is 0.481 e. The maximum Gasteiger partial charge on any atom is 0.412 e. The second-order valence-corrected chi connectivity index (χ2v) is 11.8. The number of amides is 1. The molecule has 1 saturated carbocycles. The molecule has 8 nitrogen and oxygen atoms in total. The van der Waals surface area contributed by atoms with Crippen LogP contribution in [0.4, 0.5) is 4.79 Å². The third-order valence-corrected chi connectivity index (χ3v) is 6.50. The summed E-state index contributed by atoms with van der Waals surface area (Å²) in [7, 11) is 0. The molecule has 2 aliphatic rings. The maximum atomic E-state index is 13.4. The van der Waals surface area contributed by atoms with Crippen LogP contribution in [0.3, 0.4) is 0 Å². The van der Waals surface area contributed by atoms with Gasteiger partial charge in [-0.1, -0.05) is 46.0 Å². The number of ether oxygens (including phenoxy) is 3. The molecule has 0 aromatic carbocycles. The van der Waals surface area contributed by atoms with Crippen LogP contribution in [0.5, 0.6) is 0 Å². The van der Waals surface area contributed by atoms with Crippen LogP contribution in [0, 0.1) is 11.8 Å². The van der Waals surface area contributed by atoms with E-state index in [0.29, 0.717) is 18.8 Å². The maximum absolute atomic E-state index is 13.4. The van der Waals surface area contributed by atoms with Crippen molar-refractivity contribution >= 4 is 18.0 Å². The number of hydrogen-bond donors (Lipinski definition) is 1. The molecular formula is C26H45NO7. The minimum absolute atomic E-state index is 0.0722. The number of carboxylic acid groups (broad SMARTS) is 1. The first kappa shape index (κ1) is 28.4. The summed E-state index contributed by atoms with van der Waals surface area (Å²) in [5.41, 5.74) is -1.72. The Bertz CT molecular complexity index is 706. The van der Waals surface area contributed by atoms with Crippen LogP contribution in [0.15, 0.2) is 0 Å². The second-order valence-electron chi connectivity index (χ2n) is 11.8. The molecule has 1 saturated heterocycles. The molecule has 3 atom stereocenters. The third-order valence-electron chi connectivity index (χ3n) is 6.50. The minimum Gasteiger partial charge on any atom is -0.481 e. The Balaban J connectivity index is 2.27. The van der Waals surface area contributed by atoms with E-state index < -0.39 is 47.6 Å². The van der Waals surface area contributed by atoms with E-state index in [0.717, 1.165) is 25.7 Å². The van der Waals surface area contributed by atoms with Gasteiger partial charge in [-0.3, -0.25) is 9.69 Å². The molecule has 196 valence electrons. The van der Waals surface area contributed by atoms with Crippen molar-refractivity contribution in [1.82, 2.24) is 4.90 Å². The first-order chi connectivity index (χ1) is 15.7. The second kappa shape index (κ2) is 11.7. The number of nitrogens with zero attached hydrogens (tertiary/aromatic N) is 1. The number of carboxylic acids is 1. The summed E-state index contributed by atoms with van der Waals surface area (Å²) < 4.78 is 17.7. The molecule has 0 aromatic heterocycles. The SMILES string of the molecule is CC(C)CC(CCC(=O)O)OC(=O)[C@@H]1OC(C)(C)N(C(=O)OC(C)(C)C)[C@H]1CC1CCCCC1. The molecule has 0 aromatic rings. The Morgan fingerprint density at radius 2 is 1.74 bits per heavy atom. The van der Waals surface area contributed by atoms with E-state index >= 15 is 0 Å². The van der Waals surface area contributed by atoms with Crippen molar-refractivity contribution in [2.75, 3.05) is 0 Å². The summed E-state index contributed by atoms with van der Waals surface area (Å²) in [4.78, 5) is 39.3. The Kier molecular flexibility index (Phi) is 9.80. The van der Waals surface area contributed by atoms with Crippen molar-refractivity contribution < 1.29 is 33.7 Å². The Hall–Kier alpha value is -1.83. The molecule has 1 unspecified atom stereocenters. The lowest BCUT2D eigenvalue weighted by molar-refractivity contribution is -0.168. The topological polar surface area (TPSA) is 102 Å². The Morgan fingerprint density at radius 1 is 1.12 bits per heavy atom. The summed E-state index contributed by atoms with van der Waals surface area (Å²) in [6.45, 7) is 13.0. The molecule has 0 radical (unpaired) electrons. The molecule has 1 aliphatic heterocycles. The van der Waals surface area contributed by atoms with Crippen molar-refractivity contribution in [2.24, 2.45) is 11.8 Å². The van der Waals surface area contributed by atoms with Gasteiger partial charge in [0.25, 0.3) is 0 Å². The number of carbonyl (C=O) groups excluding carboxylic acids is 2. The molecule has 1 aliphatic carbocycles. The molecule has 0 spiro atoms. The normalized spacial score (nSPS) is 24.2. The quantitative estimate of drug-likeness (QED) is 0.431. The first-order valence-corrected chi connectivity index (χ1v) is 12.8. The number of rotatable bonds is 9. The molecule has 0 bridgehead atoms. The summed E-state index contributed by atoms with van der Waals surface area (Å²) in [5.74, 6) is -0.816. The predicted octanol–water partition coefficient (Wildman–Crippen LogP) is 5.52. The monoisotopic (exact) mass is 483 g/mol. The van der Waals surface area contributed by atoms with Crippen molar-refractivity contribution in [3.05, 3.63) is 0 Å². The molecule has 1 amide bonds. The van der Waals surface area contributed by atoms with Crippen molar-refractivity contribution in [3.8, 4) is 0 Å². The fourth-order valence-corrected chi connectivity index (χ4v) is 5.11. The van der Waals surface area contributed by atoms with Crippen LogP contribution in [0.25, 0.3) is 0 Å². The highest BCUT2D eigenvalue weighted by atomic mass is 16.6. The first-order valence-electron chi connectivity index (χ1n) is 12.8. The molecule has 8 heteroatoms. The van der Waals surface area contributed by atoms with Gasteiger partial charge in [-0.05, 0) is 65.7 Å². The fourth-order valence-electron chi connectivity index (χ4n) is 5.11. The van der Waals surface area contributed by atoms with Crippen LogP contribution in [0.1, 0.15) is 106 Å². The number of carbonyl (C=O) groups is 3. The van der Waals surface area contributed by atoms with Gasteiger partial charge in [0.2, 0.25) is 0 Å². The Labute approximate surface area is 204 Å². The van der Waals surface area contributed by atoms with Crippen molar-refractivity contribution in [2.45, 2.75) is 136 Å². The van der Waals surface area contributed by atoms with Gasteiger partial charge in [0, 0.05) is 6.42 Å².